The lowest BCUT2D eigenvalue weighted by Crippen LogP contribution is -2.46. The van der Waals surface area contributed by atoms with Crippen molar-refractivity contribution in [2.75, 3.05) is 6.61 Å². The van der Waals surface area contributed by atoms with Gasteiger partial charge in [0.25, 0.3) is 0 Å². The molecule has 1 heterocycles. The lowest BCUT2D eigenvalue weighted by Gasteiger charge is -2.40. The van der Waals surface area contributed by atoms with Crippen LogP contribution >= 0.6 is 0 Å². The summed E-state index contributed by atoms with van der Waals surface area (Å²) >= 11 is 0. The van der Waals surface area contributed by atoms with Gasteiger partial charge >= 0.3 is 0 Å². The van der Waals surface area contributed by atoms with Crippen LogP contribution in [-0.2, 0) is 11.3 Å². The van der Waals surface area contributed by atoms with Gasteiger partial charge in [0.05, 0.1) is 5.60 Å². The van der Waals surface area contributed by atoms with Gasteiger partial charge in [-0.2, -0.15) is 0 Å². The van der Waals surface area contributed by atoms with Gasteiger partial charge in [-0.25, -0.2) is 0 Å². The van der Waals surface area contributed by atoms with Gasteiger partial charge < -0.3 is 10.1 Å². The Bertz CT molecular complexity index is 345. The van der Waals surface area contributed by atoms with Gasteiger partial charge in [0.1, 0.15) is 0 Å². The lowest BCUT2D eigenvalue weighted by atomic mass is 9.86. The van der Waals surface area contributed by atoms with E-state index in [4.69, 9.17) is 4.74 Å². The third-order valence-electron chi connectivity index (χ3n) is 4.22. The molecule has 2 heteroatoms. The molecule has 100 valence electrons. The molecular weight excluding hydrogens is 222 g/mol. The van der Waals surface area contributed by atoms with Gasteiger partial charge in [0.2, 0.25) is 0 Å². The largest absolute Gasteiger partial charge is 0.375 e. The quantitative estimate of drug-likeness (QED) is 0.859. The maximum absolute atomic E-state index is 6.01. The van der Waals surface area contributed by atoms with Crippen LogP contribution in [0.1, 0.15) is 45.1 Å². The summed E-state index contributed by atoms with van der Waals surface area (Å²) in [6.07, 6.45) is 4.52. The Kier molecular flexibility index (Phi) is 4.79. The first kappa shape index (κ1) is 13.6. The number of hydrogen-bond donors (Lipinski definition) is 1. The van der Waals surface area contributed by atoms with E-state index in [1.54, 1.807) is 0 Å². The molecule has 1 saturated heterocycles. The van der Waals surface area contributed by atoms with Gasteiger partial charge in [0.15, 0.2) is 0 Å². The second-order valence-electron chi connectivity index (χ2n) is 5.29. The molecule has 0 aromatic heterocycles. The molecule has 1 aliphatic heterocycles. The lowest BCUT2D eigenvalue weighted by molar-refractivity contribution is -0.0932. The molecule has 1 atom stereocenters. The summed E-state index contributed by atoms with van der Waals surface area (Å²) in [6, 6.07) is 11.2. The molecule has 1 N–H and O–H groups in total. The van der Waals surface area contributed by atoms with Crippen molar-refractivity contribution in [3.63, 3.8) is 0 Å². The van der Waals surface area contributed by atoms with Crippen LogP contribution in [0, 0.1) is 0 Å². The van der Waals surface area contributed by atoms with Crippen LogP contribution in [0.4, 0.5) is 0 Å². The molecule has 0 radical (unpaired) electrons. The SMILES string of the molecule is CCC1(CC)CC(NCc2ccccc2)CCO1. The first-order valence-electron chi connectivity index (χ1n) is 7.19. The first-order chi connectivity index (χ1) is 8.78. The van der Waals surface area contributed by atoms with Crippen LogP contribution in [0.25, 0.3) is 0 Å². The summed E-state index contributed by atoms with van der Waals surface area (Å²) in [5, 5.41) is 3.68. The fraction of sp³-hybridized carbons (Fsp3) is 0.625. The summed E-state index contributed by atoms with van der Waals surface area (Å²) in [5.74, 6) is 0. The zero-order valence-electron chi connectivity index (χ0n) is 11.6. The third kappa shape index (κ3) is 3.33. The van der Waals surface area contributed by atoms with Gasteiger partial charge in [-0.05, 0) is 31.2 Å². The molecule has 0 spiro atoms. The molecule has 0 bridgehead atoms. The molecule has 0 saturated carbocycles. The van der Waals surface area contributed by atoms with E-state index >= 15 is 0 Å². The highest BCUT2D eigenvalue weighted by atomic mass is 16.5. The van der Waals surface area contributed by atoms with Crippen molar-refractivity contribution in [1.82, 2.24) is 5.32 Å². The Balaban J connectivity index is 1.86. The Morgan fingerprint density at radius 2 is 1.94 bits per heavy atom. The monoisotopic (exact) mass is 247 g/mol. The van der Waals surface area contributed by atoms with Crippen LogP contribution in [0.15, 0.2) is 30.3 Å². The second-order valence-corrected chi connectivity index (χ2v) is 5.29. The molecule has 1 aromatic rings. The Hall–Kier alpha value is -0.860. The van der Waals surface area contributed by atoms with Crippen LogP contribution in [0.2, 0.25) is 0 Å². The zero-order valence-corrected chi connectivity index (χ0v) is 11.6. The summed E-state index contributed by atoms with van der Waals surface area (Å²) in [4.78, 5) is 0. The van der Waals surface area contributed by atoms with Crippen molar-refractivity contribution in [2.45, 2.75) is 57.7 Å². The smallest absolute Gasteiger partial charge is 0.0692 e. The molecular formula is C16H25NO. The Labute approximate surface area is 111 Å². The molecule has 1 unspecified atom stereocenters. The summed E-state index contributed by atoms with van der Waals surface area (Å²) in [6.45, 7) is 6.34. The fourth-order valence-electron chi connectivity index (χ4n) is 2.80. The molecule has 2 rings (SSSR count). The average molecular weight is 247 g/mol. The highest BCUT2D eigenvalue weighted by Gasteiger charge is 2.34. The predicted molar refractivity (Wildman–Crippen MR) is 75.6 cm³/mol. The molecule has 1 aliphatic rings. The molecule has 1 fully saturated rings. The van der Waals surface area contributed by atoms with Gasteiger partial charge in [0, 0.05) is 19.2 Å². The second kappa shape index (κ2) is 6.35. The minimum atomic E-state index is 0.118. The molecule has 0 aliphatic carbocycles. The van der Waals surface area contributed by atoms with E-state index in [1.165, 1.54) is 5.56 Å². The van der Waals surface area contributed by atoms with E-state index in [-0.39, 0.29) is 5.60 Å². The van der Waals surface area contributed by atoms with Gasteiger partial charge in [-0.15, -0.1) is 0 Å². The number of rotatable bonds is 5. The average Bonchev–Trinajstić information content (AvgIpc) is 2.46. The molecule has 2 nitrogen and oxygen atoms in total. The normalized spacial score (nSPS) is 22.9. The molecule has 0 amide bonds. The standard InChI is InChI=1S/C16H25NO/c1-3-16(4-2)12-15(10-11-18-16)17-13-14-8-6-5-7-9-14/h5-9,15,17H,3-4,10-13H2,1-2H3. The van der Waals surface area contributed by atoms with E-state index in [2.05, 4.69) is 49.5 Å². The highest BCUT2D eigenvalue weighted by molar-refractivity contribution is 5.14. The number of nitrogens with one attached hydrogen (secondary N) is 1. The summed E-state index contributed by atoms with van der Waals surface area (Å²) in [7, 11) is 0. The van der Waals surface area contributed by atoms with E-state index in [1.807, 2.05) is 0 Å². The van der Waals surface area contributed by atoms with E-state index in [0.29, 0.717) is 6.04 Å². The third-order valence-corrected chi connectivity index (χ3v) is 4.22. The maximum Gasteiger partial charge on any atom is 0.0692 e. The topological polar surface area (TPSA) is 21.3 Å². The van der Waals surface area contributed by atoms with Crippen molar-refractivity contribution < 1.29 is 4.74 Å². The van der Waals surface area contributed by atoms with E-state index < -0.39 is 0 Å². The first-order valence-corrected chi connectivity index (χ1v) is 7.19. The van der Waals surface area contributed by atoms with Crippen molar-refractivity contribution in [1.29, 1.82) is 0 Å². The van der Waals surface area contributed by atoms with Crippen molar-refractivity contribution in [3.05, 3.63) is 35.9 Å². The zero-order chi connectivity index (χ0) is 12.8. The van der Waals surface area contributed by atoms with Crippen molar-refractivity contribution in [2.24, 2.45) is 0 Å². The predicted octanol–water partition coefficient (Wildman–Crippen LogP) is 3.51. The number of benzene rings is 1. The fourth-order valence-corrected chi connectivity index (χ4v) is 2.80. The Morgan fingerprint density at radius 1 is 1.22 bits per heavy atom. The number of ether oxygens (including phenoxy) is 1. The minimum absolute atomic E-state index is 0.118. The maximum atomic E-state index is 6.01. The van der Waals surface area contributed by atoms with Crippen LogP contribution in [0.5, 0.6) is 0 Å². The van der Waals surface area contributed by atoms with Gasteiger partial charge in [-0.3, -0.25) is 0 Å². The molecule has 18 heavy (non-hydrogen) atoms. The molecule has 1 aromatic carbocycles. The van der Waals surface area contributed by atoms with Crippen LogP contribution in [-0.4, -0.2) is 18.2 Å². The summed E-state index contributed by atoms with van der Waals surface area (Å²) in [5.41, 5.74) is 1.48. The van der Waals surface area contributed by atoms with Crippen LogP contribution in [0.3, 0.4) is 0 Å². The Morgan fingerprint density at radius 3 is 2.61 bits per heavy atom. The van der Waals surface area contributed by atoms with Crippen molar-refractivity contribution in [3.8, 4) is 0 Å². The van der Waals surface area contributed by atoms with Crippen LogP contribution < -0.4 is 5.32 Å². The number of hydrogen-bond acceptors (Lipinski definition) is 2. The van der Waals surface area contributed by atoms with Crippen molar-refractivity contribution >= 4 is 0 Å². The van der Waals surface area contributed by atoms with E-state index in [0.717, 1.165) is 38.8 Å². The van der Waals surface area contributed by atoms with Gasteiger partial charge in [-0.1, -0.05) is 44.2 Å². The van der Waals surface area contributed by atoms with E-state index in [9.17, 15) is 0 Å². The summed E-state index contributed by atoms with van der Waals surface area (Å²) < 4.78 is 6.01. The minimum Gasteiger partial charge on any atom is -0.375 e. The highest BCUT2D eigenvalue weighted by Crippen LogP contribution is 2.31.